The van der Waals surface area contributed by atoms with Crippen molar-refractivity contribution >= 4 is 16.9 Å². The van der Waals surface area contributed by atoms with Gasteiger partial charge in [-0.15, -0.1) is 0 Å². The summed E-state index contributed by atoms with van der Waals surface area (Å²) in [6, 6.07) is 16.8. The highest BCUT2D eigenvalue weighted by Crippen LogP contribution is 2.32. The number of likely N-dealkylation sites (tertiary alicyclic amines) is 1. The average Bonchev–Trinajstić information content (AvgIpc) is 3.29. The van der Waals surface area contributed by atoms with Gasteiger partial charge in [-0.2, -0.15) is 9.83 Å². The monoisotopic (exact) mass is 456 g/mol. The summed E-state index contributed by atoms with van der Waals surface area (Å²) in [6.07, 6.45) is 4.10. The molecule has 0 aliphatic carbocycles. The zero-order valence-corrected chi connectivity index (χ0v) is 18.5. The fourth-order valence-corrected chi connectivity index (χ4v) is 4.34. The topological polar surface area (TPSA) is 109 Å². The predicted octanol–water partition coefficient (Wildman–Crippen LogP) is 3.76. The summed E-state index contributed by atoms with van der Waals surface area (Å²) in [5.74, 6) is 1.28. The van der Waals surface area contributed by atoms with Gasteiger partial charge in [-0.25, -0.2) is 9.67 Å². The molecule has 4 aromatic rings. The van der Waals surface area contributed by atoms with Gasteiger partial charge in [0, 0.05) is 18.7 Å². The van der Waals surface area contributed by atoms with E-state index in [1.165, 1.54) is 12.4 Å². The van der Waals surface area contributed by atoms with Gasteiger partial charge in [-0.3, -0.25) is 10.2 Å². The smallest absolute Gasteiger partial charge is 0.246 e. The highest BCUT2D eigenvalue weighted by molar-refractivity contribution is 5.90. The maximum atomic E-state index is 12.2. The van der Waals surface area contributed by atoms with E-state index < -0.39 is 0 Å². The van der Waals surface area contributed by atoms with E-state index in [4.69, 9.17) is 15.2 Å². The molecule has 34 heavy (non-hydrogen) atoms. The van der Waals surface area contributed by atoms with Crippen LogP contribution in [0.15, 0.2) is 73.6 Å². The second kappa shape index (κ2) is 8.86. The maximum absolute atomic E-state index is 12.2. The Morgan fingerprint density at radius 3 is 2.62 bits per heavy atom. The summed E-state index contributed by atoms with van der Waals surface area (Å²) >= 11 is 0. The molecule has 0 bridgehead atoms. The van der Waals surface area contributed by atoms with E-state index in [2.05, 4.69) is 11.6 Å². The summed E-state index contributed by atoms with van der Waals surface area (Å²) in [5.41, 5.74) is 1.69. The van der Waals surface area contributed by atoms with Crippen LogP contribution >= 0.6 is 0 Å². The van der Waals surface area contributed by atoms with E-state index in [-0.39, 0.29) is 17.4 Å². The van der Waals surface area contributed by atoms with Gasteiger partial charge in [-0.05, 0) is 55.3 Å². The molecular weight excluding hydrogens is 432 g/mol. The van der Waals surface area contributed by atoms with Crippen LogP contribution in [0.5, 0.6) is 11.5 Å². The largest absolute Gasteiger partial charge is 0.457 e. The lowest BCUT2D eigenvalue weighted by atomic mass is 10.1. The van der Waals surface area contributed by atoms with Crippen LogP contribution in [-0.2, 0) is 4.79 Å². The van der Waals surface area contributed by atoms with Crippen molar-refractivity contribution in [3.05, 3.63) is 79.1 Å². The standard InChI is InChI=1S/C25H24N6O3/c1-2-21(32)29-14-6-7-18(15-29)31-25-22(24(26)27-16-30(25)33)23(28-31)17-10-12-20(13-11-17)34-19-8-4-3-5-9-19/h2-5,8-13,16,18,26,33H,1,6-7,14-15H2/t18-/m1/s1. The van der Waals surface area contributed by atoms with E-state index in [1.54, 1.807) is 9.58 Å². The number of benzene rings is 2. The first-order valence-electron chi connectivity index (χ1n) is 11.0. The van der Waals surface area contributed by atoms with Crippen molar-refractivity contribution in [2.45, 2.75) is 18.9 Å². The Morgan fingerprint density at radius 1 is 1.15 bits per heavy atom. The Morgan fingerprint density at radius 2 is 1.88 bits per heavy atom. The fraction of sp³-hybridized carbons (Fsp3) is 0.200. The van der Waals surface area contributed by atoms with Crippen LogP contribution in [0.1, 0.15) is 18.9 Å². The zero-order valence-electron chi connectivity index (χ0n) is 18.5. The quantitative estimate of drug-likeness (QED) is 0.351. The van der Waals surface area contributed by atoms with Gasteiger partial charge in [0.15, 0.2) is 11.1 Å². The number of aromatic nitrogens is 4. The Labute approximate surface area is 195 Å². The molecule has 0 spiro atoms. The number of rotatable bonds is 5. The Balaban J connectivity index is 1.55. The molecule has 2 aromatic heterocycles. The molecule has 5 rings (SSSR count). The molecule has 0 unspecified atom stereocenters. The number of piperidine rings is 1. The van der Waals surface area contributed by atoms with Crippen molar-refractivity contribution in [2.75, 3.05) is 13.1 Å². The van der Waals surface area contributed by atoms with Crippen molar-refractivity contribution < 1.29 is 14.7 Å². The van der Waals surface area contributed by atoms with Crippen molar-refractivity contribution in [3.8, 4) is 22.8 Å². The third-order valence-corrected chi connectivity index (χ3v) is 5.97. The highest BCUT2D eigenvalue weighted by Gasteiger charge is 2.28. The number of nitrogens with one attached hydrogen (secondary N) is 1. The molecule has 0 saturated carbocycles. The number of ether oxygens (including phenoxy) is 1. The molecule has 9 heteroatoms. The zero-order chi connectivity index (χ0) is 23.7. The third-order valence-electron chi connectivity index (χ3n) is 5.97. The van der Waals surface area contributed by atoms with Crippen LogP contribution in [0.25, 0.3) is 22.3 Å². The van der Waals surface area contributed by atoms with Gasteiger partial charge >= 0.3 is 0 Å². The van der Waals surface area contributed by atoms with E-state index in [1.807, 2.05) is 54.6 Å². The molecule has 2 aromatic carbocycles. The number of carbonyl (C=O) groups excluding carboxylic acids is 1. The van der Waals surface area contributed by atoms with Crippen LogP contribution < -0.4 is 10.2 Å². The Kier molecular flexibility index (Phi) is 5.59. The maximum Gasteiger partial charge on any atom is 0.246 e. The second-order valence-corrected chi connectivity index (χ2v) is 8.15. The average molecular weight is 457 g/mol. The number of carbonyl (C=O) groups is 1. The molecule has 3 heterocycles. The lowest BCUT2D eigenvalue weighted by Gasteiger charge is -2.32. The molecule has 1 atom stereocenters. The minimum absolute atomic E-state index is 0.0148. The molecule has 0 radical (unpaired) electrons. The fourth-order valence-electron chi connectivity index (χ4n) is 4.34. The van der Waals surface area contributed by atoms with Crippen LogP contribution in [0.4, 0.5) is 0 Å². The lowest BCUT2D eigenvalue weighted by Crippen LogP contribution is -2.40. The molecule has 1 saturated heterocycles. The van der Waals surface area contributed by atoms with Gasteiger partial charge in [0.1, 0.15) is 23.5 Å². The predicted molar refractivity (Wildman–Crippen MR) is 126 cm³/mol. The van der Waals surface area contributed by atoms with E-state index in [9.17, 15) is 10.0 Å². The number of nitrogens with zero attached hydrogens (tertiary/aromatic N) is 5. The summed E-state index contributed by atoms with van der Waals surface area (Å²) in [5, 5.41) is 24.3. The SMILES string of the molecule is C=CC(=O)N1CCC[C@@H](n2nc(-c3ccc(Oc4ccccc4)cc3)c3c(=N)ncn(O)c32)C1. The number of hydrogen-bond donors (Lipinski definition) is 2. The number of fused-ring (bicyclic) bond motifs is 1. The minimum Gasteiger partial charge on any atom is -0.457 e. The van der Waals surface area contributed by atoms with Crippen LogP contribution in [0, 0.1) is 5.41 Å². The highest BCUT2D eigenvalue weighted by atomic mass is 16.5. The molecule has 1 amide bonds. The Hall–Kier alpha value is -4.40. The normalized spacial score (nSPS) is 15.9. The van der Waals surface area contributed by atoms with Crippen molar-refractivity contribution in [1.29, 1.82) is 5.41 Å². The number of amides is 1. The van der Waals surface area contributed by atoms with Crippen LogP contribution in [0.3, 0.4) is 0 Å². The van der Waals surface area contributed by atoms with Gasteiger partial charge in [0.25, 0.3) is 0 Å². The van der Waals surface area contributed by atoms with Crippen molar-refractivity contribution in [1.82, 2.24) is 24.4 Å². The third kappa shape index (κ3) is 3.92. The van der Waals surface area contributed by atoms with E-state index in [0.29, 0.717) is 35.6 Å². The van der Waals surface area contributed by atoms with Crippen LogP contribution in [0.2, 0.25) is 0 Å². The van der Waals surface area contributed by atoms with Crippen molar-refractivity contribution in [2.24, 2.45) is 0 Å². The lowest BCUT2D eigenvalue weighted by molar-refractivity contribution is -0.127. The molecule has 2 N–H and O–H groups in total. The van der Waals surface area contributed by atoms with Crippen molar-refractivity contribution in [3.63, 3.8) is 0 Å². The van der Waals surface area contributed by atoms with Gasteiger partial charge in [-0.1, -0.05) is 24.8 Å². The molecule has 1 aliphatic heterocycles. The first kappa shape index (κ1) is 21.4. The van der Waals surface area contributed by atoms with Gasteiger partial charge < -0.3 is 14.8 Å². The first-order chi connectivity index (χ1) is 16.5. The molecule has 1 fully saturated rings. The molecular formula is C25H24N6O3. The van der Waals surface area contributed by atoms with E-state index in [0.717, 1.165) is 28.9 Å². The first-order valence-corrected chi connectivity index (χ1v) is 11.0. The van der Waals surface area contributed by atoms with Crippen LogP contribution in [-0.4, -0.2) is 48.6 Å². The summed E-state index contributed by atoms with van der Waals surface area (Å²) in [6.45, 7) is 4.68. The van der Waals surface area contributed by atoms with Gasteiger partial charge in [0.05, 0.1) is 11.4 Å². The number of para-hydroxylation sites is 1. The molecule has 172 valence electrons. The molecule has 9 nitrogen and oxygen atoms in total. The summed E-state index contributed by atoms with van der Waals surface area (Å²) in [4.78, 5) is 17.9. The summed E-state index contributed by atoms with van der Waals surface area (Å²) in [7, 11) is 0. The summed E-state index contributed by atoms with van der Waals surface area (Å²) < 4.78 is 8.48. The van der Waals surface area contributed by atoms with Gasteiger partial charge in [0.2, 0.25) is 5.91 Å². The second-order valence-electron chi connectivity index (χ2n) is 8.15. The minimum atomic E-state index is -0.158. The Bertz CT molecular complexity index is 1410. The molecule has 1 aliphatic rings. The number of hydrogen-bond acceptors (Lipinski definition) is 6. The van der Waals surface area contributed by atoms with E-state index >= 15 is 0 Å².